The van der Waals surface area contributed by atoms with E-state index in [1.807, 2.05) is 24.3 Å². The number of esters is 2. The van der Waals surface area contributed by atoms with Crippen LogP contribution in [0.15, 0.2) is 28.7 Å². The Labute approximate surface area is 158 Å². The summed E-state index contributed by atoms with van der Waals surface area (Å²) in [6.07, 6.45) is 5.21. The molecular formula is C19H27BrO5. The first-order valence-electron chi connectivity index (χ1n) is 8.81. The number of benzene rings is 1. The van der Waals surface area contributed by atoms with Crippen LogP contribution in [0.5, 0.6) is 5.75 Å². The predicted molar refractivity (Wildman–Crippen MR) is 99.5 cm³/mol. The van der Waals surface area contributed by atoms with E-state index in [9.17, 15) is 9.59 Å². The van der Waals surface area contributed by atoms with Crippen LogP contribution in [-0.4, -0.2) is 31.8 Å². The molecule has 140 valence electrons. The summed E-state index contributed by atoms with van der Waals surface area (Å²) in [4.78, 5) is 23.1. The Morgan fingerprint density at radius 3 is 2.12 bits per heavy atom. The third kappa shape index (κ3) is 11.6. The number of carbonyl (C=O) groups is 2. The van der Waals surface area contributed by atoms with Gasteiger partial charge in [-0.2, -0.15) is 0 Å². The quantitative estimate of drug-likeness (QED) is 0.346. The van der Waals surface area contributed by atoms with Crippen LogP contribution in [0.25, 0.3) is 0 Å². The van der Waals surface area contributed by atoms with Gasteiger partial charge in [0, 0.05) is 17.3 Å². The van der Waals surface area contributed by atoms with E-state index in [0.29, 0.717) is 19.6 Å². The van der Waals surface area contributed by atoms with Gasteiger partial charge in [0.15, 0.2) is 0 Å². The van der Waals surface area contributed by atoms with E-state index < -0.39 is 0 Å². The number of carbonyl (C=O) groups excluding carboxylic acids is 2. The van der Waals surface area contributed by atoms with Gasteiger partial charge in [-0.05, 0) is 37.1 Å². The lowest BCUT2D eigenvalue weighted by Gasteiger charge is -2.07. The summed E-state index contributed by atoms with van der Waals surface area (Å²) in [6, 6.07) is 7.42. The molecule has 0 spiro atoms. The highest BCUT2D eigenvalue weighted by molar-refractivity contribution is 9.10. The summed E-state index contributed by atoms with van der Waals surface area (Å²) in [5.41, 5.74) is 0. The SMILES string of the molecule is CCCCCCOC(=O)CCCC(=O)OCCOc1ccc(Br)cc1. The number of unbranched alkanes of at least 4 members (excludes halogenated alkanes) is 3. The Bertz CT molecular complexity index is 501. The van der Waals surface area contributed by atoms with E-state index in [1.54, 1.807) is 0 Å². The highest BCUT2D eigenvalue weighted by Gasteiger charge is 2.07. The van der Waals surface area contributed by atoms with Crippen molar-refractivity contribution in [2.24, 2.45) is 0 Å². The molecule has 0 N–H and O–H groups in total. The van der Waals surface area contributed by atoms with Gasteiger partial charge in [-0.3, -0.25) is 9.59 Å². The van der Waals surface area contributed by atoms with Crippen molar-refractivity contribution in [3.05, 3.63) is 28.7 Å². The van der Waals surface area contributed by atoms with Crippen LogP contribution in [-0.2, 0) is 19.1 Å². The van der Waals surface area contributed by atoms with Crippen LogP contribution in [0.3, 0.4) is 0 Å². The second kappa shape index (κ2) is 13.7. The fourth-order valence-corrected chi connectivity index (χ4v) is 2.35. The summed E-state index contributed by atoms with van der Waals surface area (Å²) < 4.78 is 16.6. The molecule has 1 rings (SSSR count). The van der Waals surface area contributed by atoms with Crippen LogP contribution >= 0.6 is 15.9 Å². The Kier molecular flexibility index (Phi) is 11.8. The zero-order valence-corrected chi connectivity index (χ0v) is 16.4. The molecule has 1 aromatic rings. The molecule has 0 saturated heterocycles. The third-order valence-electron chi connectivity index (χ3n) is 3.45. The number of rotatable bonds is 13. The zero-order chi connectivity index (χ0) is 18.3. The minimum Gasteiger partial charge on any atom is -0.490 e. The van der Waals surface area contributed by atoms with E-state index in [-0.39, 0.29) is 31.4 Å². The largest absolute Gasteiger partial charge is 0.490 e. The maximum Gasteiger partial charge on any atom is 0.305 e. The van der Waals surface area contributed by atoms with E-state index in [0.717, 1.165) is 35.9 Å². The van der Waals surface area contributed by atoms with Crippen molar-refractivity contribution in [3.8, 4) is 5.75 Å². The molecule has 0 saturated carbocycles. The second-order valence-corrected chi connectivity index (χ2v) is 6.57. The maximum absolute atomic E-state index is 11.6. The Hall–Kier alpha value is -1.56. The standard InChI is InChI=1S/C19H27BrO5/c1-2-3-4-5-13-24-18(21)7-6-8-19(22)25-15-14-23-17-11-9-16(20)10-12-17/h9-12H,2-8,13-15H2,1H3. The van der Waals surface area contributed by atoms with Gasteiger partial charge in [-0.25, -0.2) is 0 Å². The molecule has 0 fully saturated rings. The molecule has 0 aliphatic carbocycles. The molecule has 6 heteroatoms. The molecule has 0 aliphatic rings. The van der Waals surface area contributed by atoms with Gasteiger partial charge >= 0.3 is 11.9 Å². The smallest absolute Gasteiger partial charge is 0.305 e. The summed E-state index contributed by atoms with van der Waals surface area (Å²) >= 11 is 3.35. The van der Waals surface area contributed by atoms with Crippen molar-refractivity contribution in [1.82, 2.24) is 0 Å². The van der Waals surface area contributed by atoms with E-state index in [4.69, 9.17) is 14.2 Å². The number of hydrogen-bond donors (Lipinski definition) is 0. The first-order valence-corrected chi connectivity index (χ1v) is 9.60. The highest BCUT2D eigenvalue weighted by Crippen LogP contribution is 2.15. The molecule has 0 radical (unpaired) electrons. The lowest BCUT2D eigenvalue weighted by Crippen LogP contribution is -2.13. The van der Waals surface area contributed by atoms with Crippen molar-refractivity contribution in [2.75, 3.05) is 19.8 Å². The van der Waals surface area contributed by atoms with Crippen LogP contribution in [0.1, 0.15) is 51.9 Å². The van der Waals surface area contributed by atoms with Gasteiger partial charge in [0.25, 0.3) is 0 Å². The van der Waals surface area contributed by atoms with Gasteiger partial charge in [-0.1, -0.05) is 42.1 Å². The first kappa shape index (κ1) is 21.5. The topological polar surface area (TPSA) is 61.8 Å². The lowest BCUT2D eigenvalue weighted by atomic mass is 10.2. The number of ether oxygens (including phenoxy) is 3. The molecule has 1 aromatic carbocycles. The summed E-state index contributed by atoms with van der Waals surface area (Å²) in [5, 5.41) is 0. The lowest BCUT2D eigenvalue weighted by molar-refractivity contribution is -0.145. The fraction of sp³-hybridized carbons (Fsp3) is 0.579. The fourth-order valence-electron chi connectivity index (χ4n) is 2.08. The van der Waals surface area contributed by atoms with E-state index in [1.165, 1.54) is 0 Å². The van der Waals surface area contributed by atoms with E-state index >= 15 is 0 Å². The summed E-state index contributed by atoms with van der Waals surface area (Å²) in [7, 11) is 0. The molecule has 0 atom stereocenters. The molecule has 0 amide bonds. The van der Waals surface area contributed by atoms with Crippen LogP contribution in [0, 0.1) is 0 Å². The van der Waals surface area contributed by atoms with Gasteiger partial charge in [0.05, 0.1) is 6.61 Å². The average molecular weight is 415 g/mol. The van der Waals surface area contributed by atoms with Crippen molar-refractivity contribution in [2.45, 2.75) is 51.9 Å². The molecule has 0 bridgehead atoms. The third-order valence-corrected chi connectivity index (χ3v) is 3.98. The Morgan fingerprint density at radius 2 is 1.48 bits per heavy atom. The first-order chi connectivity index (χ1) is 12.1. The van der Waals surface area contributed by atoms with Crippen molar-refractivity contribution in [1.29, 1.82) is 0 Å². The molecule has 25 heavy (non-hydrogen) atoms. The summed E-state index contributed by atoms with van der Waals surface area (Å²) in [6.45, 7) is 3.10. The molecule has 0 heterocycles. The monoisotopic (exact) mass is 414 g/mol. The maximum atomic E-state index is 11.6. The van der Waals surface area contributed by atoms with Crippen molar-refractivity contribution < 1.29 is 23.8 Å². The van der Waals surface area contributed by atoms with Crippen molar-refractivity contribution in [3.63, 3.8) is 0 Å². The van der Waals surface area contributed by atoms with Crippen molar-refractivity contribution >= 4 is 27.9 Å². The second-order valence-electron chi connectivity index (χ2n) is 5.66. The van der Waals surface area contributed by atoms with Gasteiger partial charge < -0.3 is 14.2 Å². The van der Waals surface area contributed by atoms with Crippen LogP contribution in [0.2, 0.25) is 0 Å². The molecule has 0 aliphatic heterocycles. The molecule has 0 aromatic heterocycles. The normalized spacial score (nSPS) is 10.3. The minimum atomic E-state index is -0.324. The van der Waals surface area contributed by atoms with Gasteiger partial charge in [-0.15, -0.1) is 0 Å². The van der Waals surface area contributed by atoms with Crippen LogP contribution < -0.4 is 4.74 Å². The van der Waals surface area contributed by atoms with Gasteiger partial charge in [0.1, 0.15) is 19.0 Å². The van der Waals surface area contributed by atoms with Gasteiger partial charge in [0.2, 0.25) is 0 Å². The number of hydrogen-bond acceptors (Lipinski definition) is 5. The zero-order valence-electron chi connectivity index (χ0n) is 14.8. The molecule has 5 nitrogen and oxygen atoms in total. The predicted octanol–water partition coefficient (Wildman–Crippen LogP) is 4.66. The van der Waals surface area contributed by atoms with Crippen LogP contribution in [0.4, 0.5) is 0 Å². The number of halogens is 1. The Balaban J connectivity index is 1.97. The average Bonchev–Trinajstić information content (AvgIpc) is 2.60. The van der Waals surface area contributed by atoms with E-state index in [2.05, 4.69) is 22.9 Å². The minimum absolute atomic E-state index is 0.191. The molecular weight excluding hydrogens is 388 g/mol. The highest BCUT2D eigenvalue weighted by atomic mass is 79.9. The Morgan fingerprint density at radius 1 is 0.840 bits per heavy atom. The molecule has 0 unspecified atom stereocenters. The summed E-state index contributed by atoms with van der Waals surface area (Å²) in [5.74, 6) is 0.152.